The molecule has 29 heavy (non-hydrogen) atoms. The summed E-state index contributed by atoms with van der Waals surface area (Å²) in [5, 5.41) is 7.95. The standard InChI is InChI=1S/C23H19ClN2O3/c1-15-6-5-9-18(17-11-12-17)22(15)29-23-19(14-20(24)25-26-23)28-21(27)13-10-16-7-3-2-4-8-16/h2-10,13-14,17H,11-12H2,1H3/b13-10+. The molecule has 1 heterocycles. The maximum absolute atomic E-state index is 12.3. The Morgan fingerprint density at radius 1 is 1.10 bits per heavy atom. The van der Waals surface area contributed by atoms with Gasteiger partial charge < -0.3 is 9.47 Å². The average Bonchev–Trinajstić information content (AvgIpc) is 3.56. The van der Waals surface area contributed by atoms with Gasteiger partial charge in [0, 0.05) is 12.1 Å². The molecule has 6 heteroatoms. The summed E-state index contributed by atoms with van der Waals surface area (Å²) < 4.78 is 11.5. The van der Waals surface area contributed by atoms with Crippen LogP contribution in [-0.2, 0) is 4.79 Å². The molecule has 146 valence electrons. The van der Waals surface area contributed by atoms with Gasteiger partial charge in [-0.25, -0.2) is 4.79 Å². The zero-order valence-electron chi connectivity index (χ0n) is 15.8. The largest absolute Gasteiger partial charge is 0.434 e. The van der Waals surface area contributed by atoms with Gasteiger partial charge in [0.2, 0.25) is 0 Å². The first-order valence-electron chi connectivity index (χ1n) is 9.35. The third-order valence-electron chi connectivity index (χ3n) is 4.58. The Labute approximate surface area is 174 Å². The van der Waals surface area contributed by atoms with E-state index >= 15 is 0 Å². The third kappa shape index (κ3) is 4.81. The Morgan fingerprint density at radius 3 is 2.66 bits per heavy atom. The van der Waals surface area contributed by atoms with E-state index in [2.05, 4.69) is 16.3 Å². The van der Waals surface area contributed by atoms with Gasteiger partial charge >= 0.3 is 5.97 Å². The number of aromatic nitrogens is 2. The van der Waals surface area contributed by atoms with Crippen molar-refractivity contribution in [1.82, 2.24) is 10.2 Å². The summed E-state index contributed by atoms with van der Waals surface area (Å²) in [6.45, 7) is 1.97. The van der Waals surface area contributed by atoms with Crippen molar-refractivity contribution < 1.29 is 14.3 Å². The van der Waals surface area contributed by atoms with Gasteiger partial charge in [0.1, 0.15) is 5.75 Å². The predicted molar refractivity (Wildman–Crippen MR) is 111 cm³/mol. The second kappa shape index (κ2) is 8.45. The second-order valence-electron chi connectivity index (χ2n) is 6.87. The highest BCUT2D eigenvalue weighted by molar-refractivity contribution is 6.29. The first kappa shape index (κ1) is 19.2. The summed E-state index contributed by atoms with van der Waals surface area (Å²) in [5.41, 5.74) is 3.00. The van der Waals surface area contributed by atoms with Crippen molar-refractivity contribution in [3.05, 3.63) is 82.5 Å². The van der Waals surface area contributed by atoms with Crippen LogP contribution in [0, 0.1) is 6.92 Å². The minimum atomic E-state index is -0.560. The number of carbonyl (C=O) groups is 1. The van der Waals surface area contributed by atoms with E-state index in [9.17, 15) is 4.79 Å². The number of carbonyl (C=O) groups excluding carboxylic acids is 1. The second-order valence-corrected chi connectivity index (χ2v) is 7.26. The zero-order valence-corrected chi connectivity index (χ0v) is 16.6. The van der Waals surface area contributed by atoms with Crippen molar-refractivity contribution in [2.75, 3.05) is 0 Å². The first-order valence-corrected chi connectivity index (χ1v) is 9.73. The number of benzene rings is 2. The summed E-state index contributed by atoms with van der Waals surface area (Å²) in [7, 11) is 0. The maximum atomic E-state index is 12.3. The van der Waals surface area contributed by atoms with E-state index in [0.717, 1.165) is 35.3 Å². The van der Waals surface area contributed by atoms with Gasteiger partial charge in [-0.3, -0.25) is 0 Å². The Bertz CT molecular complexity index is 1060. The number of nitrogens with zero attached hydrogens (tertiary/aromatic N) is 2. The number of halogens is 1. The number of para-hydroxylation sites is 1. The third-order valence-corrected chi connectivity index (χ3v) is 4.76. The van der Waals surface area contributed by atoms with E-state index in [1.165, 1.54) is 12.1 Å². The van der Waals surface area contributed by atoms with Crippen molar-refractivity contribution in [1.29, 1.82) is 0 Å². The van der Waals surface area contributed by atoms with Crippen LogP contribution in [0.4, 0.5) is 0 Å². The van der Waals surface area contributed by atoms with Crippen LogP contribution in [0.25, 0.3) is 6.08 Å². The molecule has 1 aliphatic rings. The van der Waals surface area contributed by atoms with Crippen molar-refractivity contribution in [3.63, 3.8) is 0 Å². The molecule has 0 bridgehead atoms. The normalized spacial score (nSPS) is 13.4. The molecule has 0 atom stereocenters. The minimum absolute atomic E-state index is 0.104. The lowest BCUT2D eigenvalue weighted by molar-refractivity contribution is -0.129. The molecule has 0 spiro atoms. The average molecular weight is 407 g/mol. The van der Waals surface area contributed by atoms with Gasteiger partial charge in [-0.1, -0.05) is 60.1 Å². The zero-order chi connectivity index (χ0) is 20.2. The lowest BCUT2D eigenvalue weighted by Gasteiger charge is -2.14. The van der Waals surface area contributed by atoms with Crippen LogP contribution in [0.2, 0.25) is 5.15 Å². The van der Waals surface area contributed by atoms with E-state index in [1.807, 2.05) is 49.4 Å². The Hall–Kier alpha value is -3.18. The number of hydrogen-bond acceptors (Lipinski definition) is 5. The molecule has 1 aromatic heterocycles. The fraction of sp³-hybridized carbons (Fsp3) is 0.174. The predicted octanol–water partition coefficient (Wildman–Crippen LogP) is 5.73. The smallest absolute Gasteiger partial charge is 0.336 e. The lowest BCUT2D eigenvalue weighted by atomic mass is 10.1. The van der Waals surface area contributed by atoms with Gasteiger partial charge in [-0.15, -0.1) is 10.2 Å². The van der Waals surface area contributed by atoms with Crippen LogP contribution in [0.5, 0.6) is 17.4 Å². The van der Waals surface area contributed by atoms with Crippen molar-refractivity contribution in [2.45, 2.75) is 25.7 Å². The molecule has 1 fully saturated rings. The van der Waals surface area contributed by atoms with Crippen LogP contribution in [-0.4, -0.2) is 16.2 Å². The molecule has 0 amide bonds. The quantitative estimate of drug-likeness (QED) is 0.386. The highest BCUT2D eigenvalue weighted by Gasteiger charge is 2.28. The summed E-state index contributed by atoms with van der Waals surface area (Å²) in [4.78, 5) is 12.3. The fourth-order valence-corrected chi connectivity index (χ4v) is 3.12. The number of aryl methyl sites for hydroxylation is 1. The van der Waals surface area contributed by atoms with Crippen LogP contribution in [0.15, 0.2) is 60.7 Å². The van der Waals surface area contributed by atoms with Crippen LogP contribution >= 0.6 is 11.6 Å². The van der Waals surface area contributed by atoms with Crippen LogP contribution in [0.1, 0.15) is 35.4 Å². The van der Waals surface area contributed by atoms with E-state index in [-0.39, 0.29) is 16.8 Å². The van der Waals surface area contributed by atoms with E-state index < -0.39 is 5.97 Å². The van der Waals surface area contributed by atoms with E-state index in [0.29, 0.717) is 5.92 Å². The lowest BCUT2D eigenvalue weighted by Crippen LogP contribution is -2.07. The monoisotopic (exact) mass is 406 g/mol. The van der Waals surface area contributed by atoms with Crippen molar-refractivity contribution in [3.8, 4) is 17.4 Å². The minimum Gasteiger partial charge on any atom is -0.434 e. The number of esters is 1. The number of ether oxygens (including phenoxy) is 2. The van der Waals surface area contributed by atoms with Gasteiger partial charge in [0.15, 0.2) is 10.9 Å². The summed E-state index contributed by atoms with van der Waals surface area (Å²) in [6.07, 6.45) is 5.29. The number of hydrogen-bond donors (Lipinski definition) is 0. The Kier molecular flexibility index (Phi) is 5.58. The summed E-state index contributed by atoms with van der Waals surface area (Å²) >= 11 is 5.96. The van der Waals surface area contributed by atoms with Gasteiger partial charge in [0.05, 0.1) is 0 Å². The van der Waals surface area contributed by atoms with Gasteiger partial charge in [-0.05, 0) is 48.4 Å². The molecule has 2 aromatic carbocycles. The summed E-state index contributed by atoms with van der Waals surface area (Å²) in [5.74, 6) is 0.883. The molecular weight excluding hydrogens is 388 g/mol. The molecule has 0 radical (unpaired) electrons. The van der Waals surface area contributed by atoms with E-state index in [4.69, 9.17) is 21.1 Å². The first-order chi connectivity index (χ1) is 14.1. The molecule has 0 unspecified atom stereocenters. The molecule has 4 rings (SSSR count). The summed E-state index contributed by atoms with van der Waals surface area (Å²) in [6, 6.07) is 16.9. The van der Waals surface area contributed by atoms with Crippen LogP contribution < -0.4 is 9.47 Å². The molecule has 3 aromatic rings. The van der Waals surface area contributed by atoms with E-state index in [1.54, 1.807) is 6.08 Å². The molecule has 0 saturated heterocycles. The highest BCUT2D eigenvalue weighted by atomic mass is 35.5. The SMILES string of the molecule is Cc1cccc(C2CC2)c1Oc1nnc(Cl)cc1OC(=O)/C=C/c1ccccc1. The van der Waals surface area contributed by atoms with Crippen molar-refractivity contribution in [2.24, 2.45) is 0 Å². The molecule has 1 saturated carbocycles. The molecule has 5 nitrogen and oxygen atoms in total. The topological polar surface area (TPSA) is 61.3 Å². The molecular formula is C23H19ClN2O3. The highest BCUT2D eigenvalue weighted by Crippen LogP contribution is 2.46. The number of rotatable bonds is 6. The van der Waals surface area contributed by atoms with Gasteiger partial charge in [0.25, 0.3) is 5.88 Å². The molecule has 0 N–H and O–H groups in total. The fourth-order valence-electron chi connectivity index (χ4n) is 2.98. The molecule has 1 aliphatic carbocycles. The maximum Gasteiger partial charge on any atom is 0.336 e. The van der Waals surface area contributed by atoms with Crippen molar-refractivity contribution >= 4 is 23.6 Å². The van der Waals surface area contributed by atoms with Gasteiger partial charge in [-0.2, -0.15) is 0 Å². The van der Waals surface area contributed by atoms with Crippen LogP contribution in [0.3, 0.4) is 0 Å². The Morgan fingerprint density at radius 2 is 1.90 bits per heavy atom. The Balaban J connectivity index is 1.57. The molecule has 0 aliphatic heterocycles.